The van der Waals surface area contributed by atoms with Gasteiger partial charge in [-0.15, -0.1) is 0 Å². The average molecular weight is 340 g/mol. The van der Waals surface area contributed by atoms with Gasteiger partial charge in [-0.05, 0) is 12.1 Å². The summed E-state index contributed by atoms with van der Waals surface area (Å²) in [5.74, 6) is 1.41. The predicted octanol–water partition coefficient (Wildman–Crippen LogP) is 2.32. The van der Waals surface area contributed by atoms with Gasteiger partial charge < -0.3 is 20.1 Å². The molecule has 2 aromatic heterocycles. The Morgan fingerprint density at radius 3 is 2.56 bits per heavy atom. The van der Waals surface area contributed by atoms with Crippen LogP contribution in [0.1, 0.15) is 0 Å². The number of benzene rings is 1. The van der Waals surface area contributed by atoms with Crippen LogP contribution in [0.15, 0.2) is 49.3 Å². The fourth-order valence-electron chi connectivity index (χ4n) is 2.17. The molecule has 3 rings (SSSR count). The average Bonchev–Trinajstić information content (AvgIpc) is 3.16. The number of nitrogens with one attached hydrogen (secondary N) is 2. The fraction of sp³-hybridized carbons (Fsp3) is 0.125. The van der Waals surface area contributed by atoms with Crippen LogP contribution in [0.3, 0.4) is 0 Å². The van der Waals surface area contributed by atoms with Crippen LogP contribution in [0, 0.1) is 0 Å². The van der Waals surface area contributed by atoms with E-state index in [-0.39, 0.29) is 0 Å². The third kappa shape index (κ3) is 3.66. The van der Waals surface area contributed by atoms with Gasteiger partial charge in [-0.25, -0.2) is 19.7 Å². The van der Waals surface area contributed by atoms with Gasteiger partial charge in [-0.2, -0.15) is 0 Å². The van der Waals surface area contributed by atoms with Gasteiger partial charge in [0.15, 0.2) is 11.5 Å². The minimum atomic E-state index is -0.453. The van der Waals surface area contributed by atoms with Crippen LogP contribution in [0.2, 0.25) is 0 Å². The lowest BCUT2D eigenvalue weighted by atomic mass is 10.2. The molecule has 9 heteroatoms. The first-order valence-corrected chi connectivity index (χ1v) is 7.30. The Balaban J connectivity index is 1.69. The van der Waals surface area contributed by atoms with Crippen molar-refractivity contribution in [2.75, 3.05) is 24.9 Å². The van der Waals surface area contributed by atoms with E-state index in [4.69, 9.17) is 9.47 Å². The summed E-state index contributed by atoms with van der Waals surface area (Å²) in [5.41, 5.74) is 0.929. The summed E-state index contributed by atoms with van der Waals surface area (Å²) in [7, 11) is 3.03. The van der Waals surface area contributed by atoms with Crippen molar-refractivity contribution >= 4 is 17.4 Å². The highest BCUT2D eigenvalue weighted by Gasteiger charge is 2.12. The zero-order chi connectivity index (χ0) is 17.6. The molecule has 2 N–H and O–H groups in total. The largest absolute Gasteiger partial charge is 0.493 e. The number of rotatable bonds is 5. The minimum absolute atomic E-state index is 0.437. The summed E-state index contributed by atoms with van der Waals surface area (Å²) in [6.07, 6.45) is 7.95. The number of hydrogen-bond acceptors (Lipinski definition) is 6. The number of ether oxygens (including phenoxy) is 2. The molecule has 0 aliphatic heterocycles. The molecule has 2 heterocycles. The Labute approximate surface area is 143 Å². The second-order valence-corrected chi connectivity index (χ2v) is 4.86. The number of urea groups is 1. The van der Waals surface area contributed by atoms with E-state index in [0.717, 1.165) is 0 Å². The van der Waals surface area contributed by atoms with Gasteiger partial charge in [0.2, 0.25) is 5.95 Å². The quantitative estimate of drug-likeness (QED) is 0.739. The maximum absolute atomic E-state index is 12.2. The van der Waals surface area contributed by atoms with E-state index in [1.807, 2.05) is 0 Å². The number of carbonyl (C=O) groups is 1. The maximum Gasteiger partial charge on any atom is 0.323 e. The van der Waals surface area contributed by atoms with Crippen LogP contribution in [0.4, 0.5) is 16.2 Å². The summed E-state index contributed by atoms with van der Waals surface area (Å²) < 4.78 is 12.1. The number of aromatic nitrogens is 4. The van der Waals surface area contributed by atoms with Crippen molar-refractivity contribution in [1.82, 2.24) is 19.5 Å². The molecule has 0 radical (unpaired) electrons. The number of hydrogen-bond donors (Lipinski definition) is 2. The van der Waals surface area contributed by atoms with Crippen molar-refractivity contribution in [3.05, 3.63) is 49.3 Å². The third-order valence-electron chi connectivity index (χ3n) is 3.28. The summed E-state index contributed by atoms with van der Waals surface area (Å²) >= 11 is 0. The van der Waals surface area contributed by atoms with E-state index in [9.17, 15) is 4.79 Å². The normalized spacial score (nSPS) is 10.2. The number of methoxy groups -OCH3 is 2. The molecule has 9 nitrogen and oxygen atoms in total. The van der Waals surface area contributed by atoms with Crippen molar-refractivity contribution in [3.63, 3.8) is 0 Å². The van der Waals surface area contributed by atoms with E-state index >= 15 is 0 Å². The highest BCUT2D eigenvalue weighted by molar-refractivity contribution is 6.00. The van der Waals surface area contributed by atoms with Crippen LogP contribution < -0.4 is 20.1 Å². The molecular formula is C16H16N6O3. The zero-order valence-corrected chi connectivity index (χ0v) is 13.6. The van der Waals surface area contributed by atoms with E-state index < -0.39 is 6.03 Å². The van der Waals surface area contributed by atoms with Gasteiger partial charge in [-0.1, -0.05) is 6.07 Å². The first-order chi connectivity index (χ1) is 12.2. The van der Waals surface area contributed by atoms with Crippen LogP contribution in [0.25, 0.3) is 5.95 Å². The fourth-order valence-corrected chi connectivity index (χ4v) is 2.17. The topological polar surface area (TPSA) is 103 Å². The second kappa shape index (κ2) is 7.30. The van der Waals surface area contributed by atoms with Crippen LogP contribution in [-0.4, -0.2) is 39.8 Å². The smallest absolute Gasteiger partial charge is 0.323 e. The van der Waals surface area contributed by atoms with Crippen molar-refractivity contribution in [2.45, 2.75) is 0 Å². The molecule has 0 aliphatic rings. The molecule has 0 spiro atoms. The molecule has 0 atom stereocenters. The van der Waals surface area contributed by atoms with E-state index in [1.54, 1.807) is 41.5 Å². The molecule has 25 heavy (non-hydrogen) atoms. The summed E-state index contributed by atoms with van der Waals surface area (Å²) in [5, 5.41) is 5.36. The number of anilines is 2. The molecule has 128 valence electrons. The molecule has 0 aliphatic carbocycles. The van der Waals surface area contributed by atoms with Gasteiger partial charge in [0.05, 0.1) is 38.0 Å². The van der Waals surface area contributed by atoms with Crippen LogP contribution in [-0.2, 0) is 0 Å². The Hall–Kier alpha value is -3.62. The van der Waals surface area contributed by atoms with Crippen molar-refractivity contribution in [2.24, 2.45) is 0 Å². The number of imidazole rings is 1. The molecule has 1 aromatic carbocycles. The lowest BCUT2D eigenvalue weighted by molar-refractivity contribution is 0.262. The highest BCUT2D eigenvalue weighted by Crippen LogP contribution is 2.34. The number of para-hydroxylation sites is 1. The molecule has 0 saturated heterocycles. The molecule has 0 unspecified atom stereocenters. The molecule has 3 aromatic rings. The lowest BCUT2D eigenvalue weighted by Gasteiger charge is -2.13. The van der Waals surface area contributed by atoms with Crippen molar-refractivity contribution < 1.29 is 14.3 Å². The van der Waals surface area contributed by atoms with Gasteiger partial charge >= 0.3 is 6.03 Å². The van der Waals surface area contributed by atoms with Gasteiger partial charge in [0.25, 0.3) is 0 Å². The molecule has 0 fully saturated rings. The Morgan fingerprint density at radius 2 is 1.92 bits per heavy atom. The standard InChI is InChI=1S/C16H16N6O3/c1-24-13-5-3-4-12(14(13)25-2)21-16(23)20-11-8-18-15(19-9-11)22-7-6-17-10-22/h3-10H,1-2H3,(H2,20,21,23). The van der Waals surface area contributed by atoms with E-state index in [1.165, 1.54) is 26.6 Å². The van der Waals surface area contributed by atoms with E-state index in [2.05, 4.69) is 25.6 Å². The first kappa shape index (κ1) is 16.2. The first-order valence-electron chi connectivity index (χ1n) is 7.30. The van der Waals surface area contributed by atoms with Crippen LogP contribution >= 0.6 is 0 Å². The van der Waals surface area contributed by atoms with E-state index in [0.29, 0.717) is 28.8 Å². The molecule has 0 saturated carbocycles. The van der Waals surface area contributed by atoms with Gasteiger partial charge in [-0.3, -0.25) is 4.57 Å². The highest BCUT2D eigenvalue weighted by atomic mass is 16.5. The van der Waals surface area contributed by atoms with Gasteiger partial charge in [0, 0.05) is 12.4 Å². The maximum atomic E-state index is 12.2. The minimum Gasteiger partial charge on any atom is -0.493 e. The summed E-state index contributed by atoms with van der Waals surface area (Å²) in [6, 6.07) is 4.75. The number of nitrogens with zero attached hydrogens (tertiary/aromatic N) is 4. The molecular weight excluding hydrogens is 324 g/mol. The SMILES string of the molecule is COc1cccc(NC(=O)Nc2cnc(-n3ccnc3)nc2)c1OC. The lowest BCUT2D eigenvalue weighted by Crippen LogP contribution is -2.20. The third-order valence-corrected chi connectivity index (χ3v) is 3.28. The van der Waals surface area contributed by atoms with Crippen molar-refractivity contribution in [3.8, 4) is 17.4 Å². The summed E-state index contributed by atoms with van der Waals surface area (Å²) in [6.45, 7) is 0. The Morgan fingerprint density at radius 1 is 1.12 bits per heavy atom. The Bertz CT molecular complexity index is 849. The number of amides is 2. The summed E-state index contributed by atoms with van der Waals surface area (Å²) in [4.78, 5) is 24.4. The molecule has 0 bridgehead atoms. The second-order valence-electron chi connectivity index (χ2n) is 4.86. The van der Waals surface area contributed by atoms with Crippen molar-refractivity contribution in [1.29, 1.82) is 0 Å². The van der Waals surface area contributed by atoms with Crippen LogP contribution in [0.5, 0.6) is 11.5 Å². The zero-order valence-electron chi connectivity index (χ0n) is 13.6. The van der Waals surface area contributed by atoms with Gasteiger partial charge in [0.1, 0.15) is 6.33 Å². The number of carbonyl (C=O) groups excluding carboxylic acids is 1. The molecule has 2 amide bonds. The Kier molecular flexibility index (Phi) is 4.74. The predicted molar refractivity (Wildman–Crippen MR) is 91.3 cm³/mol. The monoisotopic (exact) mass is 340 g/mol.